The molecular weight excluding hydrogens is 302 g/mol. The van der Waals surface area contributed by atoms with Crippen LogP contribution in [0.5, 0.6) is 17.4 Å². The summed E-state index contributed by atoms with van der Waals surface area (Å²) in [5, 5.41) is 8.98. The second kappa shape index (κ2) is 7.80. The Balaban J connectivity index is 1.79. The van der Waals surface area contributed by atoms with Gasteiger partial charge in [-0.05, 0) is 56.6 Å². The maximum atomic E-state index is 8.98. The average Bonchev–Trinajstić information content (AvgIpc) is 3.11. The van der Waals surface area contributed by atoms with Gasteiger partial charge in [0, 0.05) is 18.8 Å². The largest absolute Gasteiger partial charge is 0.490 e. The van der Waals surface area contributed by atoms with E-state index in [1.807, 2.05) is 19.1 Å². The molecule has 1 fully saturated rings. The van der Waals surface area contributed by atoms with Crippen molar-refractivity contribution in [3.8, 4) is 23.4 Å². The van der Waals surface area contributed by atoms with Gasteiger partial charge >= 0.3 is 0 Å². The summed E-state index contributed by atoms with van der Waals surface area (Å²) >= 11 is 0. The smallest absolute Gasteiger partial charge is 0.220 e. The summed E-state index contributed by atoms with van der Waals surface area (Å²) < 4.78 is 11.6. The van der Waals surface area contributed by atoms with Crippen molar-refractivity contribution in [1.29, 1.82) is 5.26 Å². The molecule has 0 amide bonds. The van der Waals surface area contributed by atoms with Crippen molar-refractivity contribution in [2.24, 2.45) is 0 Å². The molecule has 24 heavy (non-hydrogen) atoms. The zero-order valence-corrected chi connectivity index (χ0v) is 13.9. The summed E-state index contributed by atoms with van der Waals surface area (Å²) in [5.74, 6) is 1.71. The molecule has 124 valence electrons. The van der Waals surface area contributed by atoms with Crippen molar-refractivity contribution in [1.82, 2.24) is 9.88 Å². The Hall–Kier alpha value is -2.58. The number of nitrogens with zero attached hydrogens (tertiary/aromatic N) is 3. The van der Waals surface area contributed by atoms with Crippen molar-refractivity contribution >= 4 is 0 Å². The third-order valence-corrected chi connectivity index (χ3v) is 3.99. The van der Waals surface area contributed by atoms with Crippen molar-refractivity contribution in [2.75, 3.05) is 19.7 Å². The zero-order valence-electron chi connectivity index (χ0n) is 13.9. The van der Waals surface area contributed by atoms with Gasteiger partial charge in [-0.1, -0.05) is 6.07 Å². The van der Waals surface area contributed by atoms with E-state index in [0.29, 0.717) is 29.5 Å². The van der Waals surface area contributed by atoms with Crippen LogP contribution < -0.4 is 9.47 Å². The van der Waals surface area contributed by atoms with Crippen LogP contribution in [-0.4, -0.2) is 29.6 Å². The quantitative estimate of drug-likeness (QED) is 0.810. The van der Waals surface area contributed by atoms with Crippen LogP contribution in [0.4, 0.5) is 0 Å². The average molecular weight is 323 g/mol. The minimum Gasteiger partial charge on any atom is -0.490 e. The van der Waals surface area contributed by atoms with E-state index in [2.05, 4.69) is 22.0 Å². The van der Waals surface area contributed by atoms with Gasteiger partial charge in [0.2, 0.25) is 5.88 Å². The van der Waals surface area contributed by atoms with E-state index in [4.69, 9.17) is 14.7 Å². The SMILES string of the molecule is CCOc1cc(CN2CCCC2)ccc1Oc1cc(C#N)ccn1. The molecular formula is C19H21N3O2. The molecule has 0 aliphatic carbocycles. The first-order valence-corrected chi connectivity index (χ1v) is 8.30. The number of nitriles is 1. The van der Waals surface area contributed by atoms with E-state index in [1.54, 1.807) is 18.3 Å². The van der Waals surface area contributed by atoms with Crippen molar-refractivity contribution < 1.29 is 9.47 Å². The predicted molar refractivity (Wildman–Crippen MR) is 91.1 cm³/mol. The molecule has 0 atom stereocenters. The molecule has 0 radical (unpaired) electrons. The van der Waals surface area contributed by atoms with Crippen molar-refractivity contribution in [3.63, 3.8) is 0 Å². The monoisotopic (exact) mass is 323 g/mol. The summed E-state index contributed by atoms with van der Waals surface area (Å²) in [5.41, 5.74) is 1.73. The number of rotatable bonds is 6. The number of likely N-dealkylation sites (tertiary alicyclic amines) is 1. The lowest BCUT2D eigenvalue weighted by Crippen LogP contribution is -2.18. The molecule has 0 bridgehead atoms. The summed E-state index contributed by atoms with van der Waals surface area (Å²) in [6, 6.07) is 11.4. The maximum absolute atomic E-state index is 8.98. The number of ether oxygens (including phenoxy) is 2. The number of aromatic nitrogens is 1. The Morgan fingerprint density at radius 3 is 2.75 bits per heavy atom. The highest BCUT2D eigenvalue weighted by atomic mass is 16.5. The van der Waals surface area contributed by atoms with Crippen LogP contribution in [0.1, 0.15) is 30.9 Å². The van der Waals surface area contributed by atoms with Crippen LogP contribution in [0.25, 0.3) is 0 Å². The first-order valence-electron chi connectivity index (χ1n) is 8.30. The fourth-order valence-electron chi connectivity index (χ4n) is 2.85. The highest BCUT2D eigenvalue weighted by Crippen LogP contribution is 2.32. The van der Waals surface area contributed by atoms with E-state index in [1.165, 1.54) is 18.4 Å². The van der Waals surface area contributed by atoms with Gasteiger partial charge in [-0.2, -0.15) is 5.26 Å². The second-order valence-corrected chi connectivity index (χ2v) is 5.79. The zero-order chi connectivity index (χ0) is 16.8. The Morgan fingerprint density at radius 2 is 2.00 bits per heavy atom. The van der Waals surface area contributed by atoms with Gasteiger partial charge in [-0.15, -0.1) is 0 Å². The fraction of sp³-hybridized carbons (Fsp3) is 0.368. The molecule has 1 aliphatic heterocycles. The lowest BCUT2D eigenvalue weighted by Gasteiger charge is -2.17. The van der Waals surface area contributed by atoms with E-state index < -0.39 is 0 Å². The van der Waals surface area contributed by atoms with Gasteiger partial charge in [0.15, 0.2) is 11.5 Å². The third-order valence-electron chi connectivity index (χ3n) is 3.99. The van der Waals surface area contributed by atoms with Gasteiger partial charge in [0.25, 0.3) is 0 Å². The molecule has 2 aromatic rings. The van der Waals surface area contributed by atoms with E-state index >= 15 is 0 Å². The van der Waals surface area contributed by atoms with E-state index in [9.17, 15) is 0 Å². The number of hydrogen-bond acceptors (Lipinski definition) is 5. The van der Waals surface area contributed by atoms with Crippen molar-refractivity contribution in [3.05, 3.63) is 47.7 Å². The number of pyridine rings is 1. The second-order valence-electron chi connectivity index (χ2n) is 5.79. The molecule has 0 spiro atoms. The van der Waals surface area contributed by atoms with Crippen molar-refractivity contribution in [2.45, 2.75) is 26.3 Å². The molecule has 2 heterocycles. The molecule has 0 unspecified atom stereocenters. The Kier molecular flexibility index (Phi) is 5.29. The highest BCUT2D eigenvalue weighted by molar-refractivity contribution is 5.45. The minimum atomic E-state index is 0.391. The first-order chi connectivity index (χ1) is 11.8. The summed E-state index contributed by atoms with van der Waals surface area (Å²) in [6.45, 7) is 5.77. The molecule has 3 rings (SSSR count). The predicted octanol–water partition coefficient (Wildman–Crippen LogP) is 3.74. The molecule has 1 saturated heterocycles. The minimum absolute atomic E-state index is 0.391. The lowest BCUT2D eigenvalue weighted by molar-refractivity contribution is 0.313. The van der Waals surface area contributed by atoms with Gasteiger partial charge in [-0.25, -0.2) is 4.98 Å². The van der Waals surface area contributed by atoms with Crippen LogP contribution in [0.2, 0.25) is 0 Å². The Labute approximate surface area is 142 Å². The standard InChI is InChI=1S/C19H21N3O2/c1-2-23-18-11-16(14-22-9-3-4-10-22)5-6-17(18)24-19-12-15(13-20)7-8-21-19/h5-8,11-12H,2-4,9-10,14H2,1H3. The molecule has 5 nitrogen and oxygen atoms in total. The van der Waals surface area contributed by atoms with Crippen LogP contribution in [0, 0.1) is 11.3 Å². The summed E-state index contributed by atoms with van der Waals surface area (Å²) in [7, 11) is 0. The van der Waals surface area contributed by atoms with Crippen LogP contribution in [-0.2, 0) is 6.54 Å². The lowest BCUT2D eigenvalue weighted by atomic mass is 10.2. The molecule has 1 aliphatic rings. The van der Waals surface area contributed by atoms with Gasteiger partial charge in [-0.3, -0.25) is 4.90 Å². The molecule has 1 aromatic carbocycles. The molecule has 5 heteroatoms. The molecule has 1 aromatic heterocycles. The third kappa shape index (κ3) is 4.03. The van der Waals surface area contributed by atoms with E-state index in [0.717, 1.165) is 19.6 Å². The van der Waals surface area contributed by atoms with Crippen LogP contribution in [0.15, 0.2) is 36.5 Å². The van der Waals surface area contributed by atoms with Gasteiger partial charge < -0.3 is 9.47 Å². The fourth-order valence-corrected chi connectivity index (χ4v) is 2.85. The molecule has 0 saturated carbocycles. The number of benzene rings is 1. The number of hydrogen-bond donors (Lipinski definition) is 0. The Bertz CT molecular complexity index is 734. The normalized spacial score (nSPS) is 14.3. The Morgan fingerprint density at radius 1 is 1.17 bits per heavy atom. The van der Waals surface area contributed by atoms with Crippen LogP contribution in [0.3, 0.4) is 0 Å². The first kappa shape index (κ1) is 16.3. The topological polar surface area (TPSA) is 58.4 Å². The van der Waals surface area contributed by atoms with Gasteiger partial charge in [0.05, 0.1) is 18.2 Å². The van der Waals surface area contributed by atoms with Gasteiger partial charge in [0.1, 0.15) is 0 Å². The molecule has 0 N–H and O–H groups in total. The maximum Gasteiger partial charge on any atom is 0.220 e. The highest BCUT2D eigenvalue weighted by Gasteiger charge is 2.14. The summed E-state index contributed by atoms with van der Waals surface area (Å²) in [4.78, 5) is 6.60. The summed E-state index contributed by atoms with van der Waals surface area (Å²) in [6.07, 6.45) is 4.12. The van der Waals surface area contributed by atoms with E-state index in [-0.39, 0.29) is 0 Å². The van der Waals surface area contributed by atoms with Crippen LogP contribution >= 0.6 is 0 Å².